The first-order valence-corrected chi connectivity index (χ1v) is 10.4. The molecule has 0 spiro atoms. The highest BCUT2D eigenvalue weighted by molar-refractivity contribution is 5.94. The number of aliphatic hydroxyl groups is 1. The summed E-state index contributed by atoms with van der Waals surface area (Å²) in [5, 5.41) is 25.3. The maximum atomic E-state index is 12.9. The Morgan fingerprint density at radius 2 is 1.30 bits per heavy atom. The second-order valence-corrected chi connectivity index (χ2v) is 7.63. The first-order valence-electron chi connectivity index (χ1n) is 10.4. The van der Waals surface area contributed by atoms with Gasteiger partial charge in [0.05, 0.1) is 6.61 Å². The van der Waals surface area contributed by atoms with Crippen molar-refractivity contribution >= 4 is 35.5 Å². The van der Waals surface area contributed by atoms with Gasteiger partial charge in [0, 0.05) is 12.8 Å². The van der Waals surface area contributed by atoms with Crippen LogP contribution in [0.25, 0.3) is 0 Å². The summed E-state index contributed by atoms with van der Waals surface area (Å²) >= 11 is 0. The van der Waals surface area contributed by atoms with Crippen LogP contribution in [0.5, 0.6) is 0 Å². The number of carboxylic acids is 1. The third-order valence-corrected chi connectivity index (χ3v) is 4.93. The number of carbonyl (C=O) groups excluding carboxylic acids is 5. The van der Waals surface area contributed by atoms with E-state index in [9.17, 15) is 33.9 Å². The van der Waals surface area contributed by atoms with Crippen molar-refractivity contribution in [3.8, 4) is 0 Å². The van der Waals surface area contributed by atoms with Crippen LogP contribution in [-0.2, 0) is 28.8 Å². The first-order chi connectivity index (χ1) is 15.3. The molecule has 5 amide bonds. The lowest BCUT2D eigenvalue weighted by molar-refractivity contribution is -0.143. The Labute approximate surface area is 191 Å². The van der Waals surface area contributed by atoms with Crippen LogP contribution in [0.2, 0.25) is 0 Å². The van der Waals surface area contributed by atoms with Crippen molar-refractivity contribution in [1.29, 1.82) is 0 Å². The van der Waals surface area contributed by atoms with Crippen LogP contribution in [0.3, 0.4) is 0 Å². The lowest BCUT2D eigenvalue weighted by Crippen LogP contribution is -2.59. The number of primary amides is 2. The molecule has 0 aromatic rings. The van der Waals surface area contributed by atoms with Gasteiger partial charge >= 0.3 is 5.97 Å². The molecule has 0 rings (SSSR count). The van der Waals surface area contributed by atoms with Crippen LogP contribution in [0.1, 0.15) is 46.0 Å². The molecule has 0 radical (unpaired) electrons. The van der Waals surface area contributed by atoms with Crippen molar-refractivity contribution in [1.82, 2.24) is 16.0 Å². The van der Waals surface area contributed by atoms with E-state index < -0.39 is 72.2 Å². The van der Waals surface area contributed by atoms with Crippen molar-refractivity contribution in [2.45, 2.75) is 70.1 Å². The van der Waals surface area contributed by atoms with E-state index in [0.29, 0.717) is 6.42 Å². The molecule has 0 aromatic carbocycles. The third-order valence-electron chi connectivity index (χ3n) is 4.93. The standard InChI is InChI=1S/C19H34N6O8/c1-3-9(2)15(25-16(29)10(20)8-26)18(31)23-11(4-6-13(21)27)17(30)24-12(19(32)33)5-7-14(22)28/h9-12,15,26H,3-8,20H2,1-2H3,(H2,21,27)(H2,22,28)(H,23,31)(H,24,30)(H,25,29)(H,32,33). The number of aliphatic carboxylic acids is 1. The molecule has 0 heterocycles. The van der Waals surface area contributed by atoms with Crippen molar-refractivity contribution < 1.29 is 39.0 Å². The van der Waals surface area contributed by atoms with Gasteiger partial charge in [0.25, 0.3) is 0 Å². The third kappa shape index (κ3) is 11.2. The topological polar surface area (TPSA) is 257 Å². The molecule has 0 aliphatic carbocycles. The van der Waals surface area contributed by atoms with Gasteiger partial charge in [0.1, 0.15) is 24.2 Å². The average Bonchev–Trinajstić information content (AvgIpc) is 2.75. The Morgan fingerprint density at radius 3 is 1.73 bits per heavy atom. The van der Waals surface area contributed by atoms with Crippen molar-refractivity contribution in [3.63, 3.8) is 0 Å². The van der Waals surface area contributed by atoms with Gasteiger partial charge in [-0.3, -0.25) is 24.0 Å². The Kier molecular flexibility index (Phi) is 13.3. The highest BCUT2D eigenvalue weighted by atomic mass is 16.4. The minimum atomic E-state index is -1.47. The Bertz CT molecular complexity index is 731. The molecule has 188 valence electrons. The summed E-state index contributed by atoms with van der Waals surface area (Å²) in [6.07, 6.45) is -0.668. The van der Waals surface area contributed by atoms with E-state index in [2.05, 4.69) is 16.0 Å². The summed E-state index contributed by atoms with van der Waals surface area (Å²) < 4.78 is 0. The highest BCUT2D eigenvalue weighted by Gasteiger charge is 2.32. The molecule has 0 aliphatic heterocycles. The van der Waals surface area contributed by atoms with Gasteiger partial charge in [-0.05, 0) is 18.8 Å². The Hall–Kier alpha value is -3.26. The average molecular weight is 475 g/mol. The number of nitrogens with two attached hydrogens (primary N) is 3. The van der Waals surface area contributed by atoms with Gasteiger partial charge in [-0.15, -0.1) is 0 Å². The van der Waals surface area contributed by atoms with E-state index in [4.69, 9.17) is 22.3 Å². The number of aliphatic hydroxyl groups excluding tert-OH is 1. The van der Waals surface area contributed by atoms with Gasteiger partial charge in [0.15, 0.2) is 0 Å². The maximum Gasteiger partial charge on any atom is 0.326 e. The van der Waals surface area contributed by atoms with Crippen LogP contribution >= 0.6 is 0 Å². The van der Waals surface area contributed by atoms with Crippen molar-refractivity contribution in [2.24, 2.45) is 23.1 Å². The molecule has 5 unspecified atom stereocenters. The fraction of sp³-hybridized carbons (Fsp3) is 0.684. The summed E-state index contributed by atoms with van der Waals surface area (Å²) in [6.45, 7) is 2.78. The molecule has 0 bridgehead atoms. The summed E-state index contributed by atoms with van der Waals surface area (Å²) in [6, 6.07) is -5.23. The zero-order valence-corrected chi connectivity index (χ0v) is 18.7. The van der Waals surface area contributed by atoms with E-state index in [1.165, 1.54) is 0 Å². The minimum Gasteiger partial charge on any atom is -0.480 e. The predicted molar refractivity (Wildman–Crippen MR) is 115 cm³/mol. The van der Waals surface area contributed by atoms with Crippen molar-refractivity contribution in [2.75, 3.05) is 6.61 Å². The lowest BCUT2D eigenvalue weighted by Gasteiger charge is -2.27. The number of amides is 5. The molecule has 33 heavy (non-hydrogen) atoms. The number of nitrogens with one attached hydrogen (secondary N) is 3. The van der Waals surface area contributed by atoms with E-state index in [-0.39, 0.29) is 25.7 Å². The first kappa shape index (κ1) is 29.7. The Morgan fingerprint density at radius 1 is 0.818 bits per heavy atom. The molecule has 14 nitrogen and oxygen atoms in total. The smallest absolute Gasteiger partial charge is 0.326 e. The molecule has 0 fully saturated rings. The van der Waals surface area contributed by atoms with Crippen LogP contribution in [0.15, 0.2) is 0 Å². The summed E-state index contributed by atoms with van der Waals surface area (Å²) in [7, 11) is 0. The van der Waals surface area contributed by atoms with Crippen LogP contribution < -0.4 is 33.2 Å². The van der Waals surface area contributed by atoms with Gasteiger partial charge < -0.3 is 43.4 Å². The molecule has 0 aromatic heterocycles. The van der Waals surface area contributed by atoms with E-state index in [1.807, 2.05) is 0 Å². The quantitative estimate of drug-likeness (QED) is 0.110. The van der Waals surface area contributed by atoms with Gasteiger partial charge in [0.2, 0.25) is 29.5 Å². The summed E-state index contributed by atoms with van der Waals surface area (Å²) in [5.74, 6) is -5.84. The van der Waals surface area contributed by atoms with E-state index >= 15 is 0 Å². The fourth-order valence-electron chi connectivity index (χ4n) is 2.68. The second kappa shape index (κ2) is 14.7. The molecular weight excluding hydrogens is 440 g/mol. The molecular formula is C19H34N6O8. The fourth-order valence-corrected chi connectivity index (χ4v) is 2.68. The Balaban J connectivity index is 5.59. The zero-order chi connectivity index (χ0) is 25.7. The molecule has 0 aliphatic rings. The molecule has 5 atom stereocenters. The van der Waals surface area contributed by atoms with Gasteiger partial charge in [-0.2, -0.15) is 0 Å². The number of carboxylic acid groups (broad SMARTS) is 1. The number of rotatable bonds is 16. The van der Waals surface area contributed by atoms with Crippen LogP contribution in [0, 0.1) is 5.92 Å². The van der Waals surface area contributed by atoms with Crippen LogP contribution in [0.4, 0.5) is 0 Å². The van der Waals surface area contributed by atoms with Gasteiger partial charge in [-0.1, -0.05) is 20.3 Å². The maximum absolute atomic E-state index is 12.9. The normalized spacial score (nSPS) is 15.3. The van der Waals surface area contributed by atoms with E-state index in [1.54, 1.807) is 13.8 Å². The highest BCUT2D eigenvalue weighted by Crippen LogP contribution is 2.10. The molecule has 0 saturated heterocycles. The van der Waals surface area contributed by atoms with E-state index in [0.717, 1.165) is 0 Å². The number of hydrogen-bond donors (Lipinski definition) is 8. The zero-order valence-electron chi connectivity index (χ0n) is 18.7. The predicted octanol–water partition coefficient (Wildman–Crippen LogP) is -3.58. The monoisotopic (exact) mass is 474 g/mol. The molecule has 14 heteroatoms. The summed E-state index contributed by atoms with van der Waals surface area (Å²) in [5.41, 5.74) is 15.6. The number of hydrogen-bond acceptors (Lipinski definition) is 8. The lowest BCUT2D eigenvalue weighted by atomic mass is 9.97. The van der Waals surface area contributed by atoms with Gasteiger partial charge in [-0.25, -0.2) is 4.79 Å². The minimum absolute atomic E-state index is 0.244. The molecule has 11 N–H and O–H groups in total. The molecule has 0 saturated carbocycles. The summed E-state index contributed by atoms with van der Waals surface area (Å²) in [4.78, 5) is 71.2. The SMILES string of the molecule is CCC(C)C(NC(=O)C(N)CO)C(=O)NC(CCC(N)=O)C(=O)NC(CCC(N)=O)C(=O)O. The van der Waals surface area contributed by atoms with Crippen molar-refractivity contribution in [3.05, 3.63) is 0 Å². The largest absolute Gasteiger partial charge is 0.480 e. The number of carbonyl (C=O) groups is 6. The van der Waals surface area contributed by atoms with Crippen LogP contribution in [-0.4, -0.2) is 76.5 Å². The second-order valence-electron chi connectivity index (χ2n) is 7.63.